The van der Waals surface area contributed by atoms with Gasteiger partial charge in [0.1, 0.15) is 5.75 Å². The van der Waals surface area contributed by atoms with E-state index in [9.17, 15) is 26.3 Å². The summed E-state index contributed by atoms with van der Waals surface area (Å²) >= 11 is 0. The number of halogens is 6. The highest BCUT2D eigenvalue weighted by atomic mass is 19.4. The lowest BCUT2D eigenvalue weighted by Crippen LogP contribution is -2.38. The van der Waals surface area contributed by atoms with Crippen molar-refractivity contribution in [2.24, 2.45) is 5.73 Å². The SMILES string of the molecule is N[C@H](c1ccc(OC(F)(F)F)cc1)[C@@H](O)C(F)(F)F. The Hall–Kier alpha value is -1.48. The molecule has 0 bridgehead atoms. The number of benzene rings is 1. The summed E-state index contributed by atoms with van der Waals surface area (Å²) in [6.07, 6.45) is -12.6. The molecule has 2 atom stereocenters. The summed E-state index contributed by atoms with van der Waals surface area (Å²) in [7, 11) is 0. The Labute approximate surface area is 103 Å². The summed E-state index contributed by atoms with van der Waals surface area (Å²) < 4.78 is 75.6. The minimum absolute atomic E-state index is 0.167. The maximum absolute atomic E-state index is 12.2. The monoisotopic (exact) mass is 289 g/mol. The van der Waals surface area contributed by atoms with Crippen molar-refractivity contribution < 1.29 is 36.2 Å². The smallest absolute Gasteiger partial charge is 0.406 e. The fourth-order valence-electron chi connectivity index (χ4n) is 1.28. The molecule has 1 aromatic rings. The maximum Gasteiger partial charge on any atom is 0.573 e. The van der Waals surface area contributed by atoms with Crippen LogP contribution < -0.4 is 10.5 Å². The Balaban J connectivity index is 2.82. The van der Waals surface area contributed by atoms with Crippen molar-refractivity contribution in [2.45, 2.75) is 24.7 Å². The molecule has 0 heterocycles. The van der Waals surface area contributed by atoms with Crippen LogP contribution in [-0.2, 0) is 0 Å². The molecule has 0 radical (unpaired) electrons. The van der Waals surface area contributed by atoms with Crippen LogP contribution >= 0.6 is 0 Å². The van der Waals surface area contributed by atoms with Crippen molar-refractivity contribution in [2.75, 3.05) is 0 Å². The molecule has 0 saturated heterocycles. The molecule has 0 aliphatic carbocycles. The van der Waals surface area contributed by atoms with Gasteiger partial charge in [0.05, 0.1) is 6.04 Å². The summed E-state index contributed by atoms with van der Waals surface area (Å²) in [6, 6.07) is 1.67. The molecular formula is C10H9F6NO2. The molecular weight excluding hydrogens is 280 g/mol. The van der Waals surface area contributed by atoms with Crippen LogP contribution in [0, 0.1) is 0 Å². The zero-order valence-corrected chi connectivity index (χ0v) is 9.16. The molecule has 3 N–H and O–H groups in total. The third-order valence-corrected chi connectivity index (χ3v) is 2.17. The van der Waals surface area contributed by atoms with E-state index in [2.05, 4.69) is 4.74 Å². The lowest BCUT2D eigenvalue weighted by molar-refractivity contribution is -0.274. The summed E-state index contributed by atoms with van der Waals surface area (Å²) in [5.41, 5.74) is 5.00. The molecule has 0 fully saturated rings. The van der Waals surface area contributed by atoms with Crippen molar-refractivity contribution in [1.82, 2.24) is 0 Å². The second-order valence-electron chi connectivity index (χ2n) is 3.63. The number of ether oxygens (including phenoxy) is 1. The molecule has 0 spiro atoms. The van der Waals surface area contributed by atoms with Gasteiger partial charge in [0, 0.05) is 0 Å². The number of rotatable bonds is 3. The highest BCUT2D eigenvalue weighted by Gasteiger charge is 2.42. The Morgan fingerprint density at radius 1 is 1.00 bits per heavy atom. The van der Waals surface area contributed by atoms with Gasteiger partial charge in [-0.05, 0) is 17.7 Å². The van der Waals surface area contributed by atoms with E-state index in [0.29, 0.717) is 0 Å². The topological polar surface area (TPSA) is 55.5 Å². The van der Waals surface area contributed by atoms with Gasteiger partial charge in [-0.3, -0.25) is 0 Å². The number of alkyl halides is 6. The standard InChI is InChI=1S/C10H9F6NO2/c11-9(12,13)8(18)7(17)5-1-3-6(4-2-5)19-10(14,15)16/h1-4,7-8,18H,17H2/t7-,8-/m1/s1. The average Bonchev–Trinajstić information content (AvgIpc) is 2.24. The van der Waals surface area contributed by atoms with Crippen molar-refractivity contribution >= 4 is 0 Å². The molecule has 19 heavy (non-hydrogen) atoms. The van der Waals surface area contributed by atoms with Gasteiger partial charge in [0.2, 0.25) is 0 Å². The van der Waals surface area contributed by atoms with Crippen LogP contribution in [0.3, 0.4) is 0 Å². The molecule has 1 rings (SSSR count). The van der Waals surface area contributed by atoms with Gasteiger partial charge < -0.3 is 15.6 Å². The van der Waals surface area contributed by atoms with Crippen molar-refractivity contribution in [1.29, 1.82) is 0 Å². The van der Waals surface area contributed by atoms with E-state index in [4.69, 9.17) is 10.8 Å². The van der Waals surface area contributed by atoms with Crippen molar-refractivity contribution in [3.8, 4) is 5.75 Å². The minimum Gasteiger partial charge on any atom is -0.406 e. The summed E-state index contributed by atoms with van der Waals surface area (Å²) in [4.78, 5) is 0. The van der Waals surface area contributed by atoms with E-state index in [1.807, 2.05) is 0 Å². The van der Waals surface area contributed by atoms with E-state index in [1.165, 1.54) is 0 Å². The highest BCUT2D eigenvalue weighted by Crippen LogP contribution is 2.30. The molecule has 0 aliphatic heterocycles. The predicted molar refractivity (Wildman–Crippen MR) is 52.1 cm³/mol. The normalized spacial score (nSPS) is 16.0. The highest BCUT2D eigenvalue weighted by molar-refractivity contribution is 5.29. The van der Waals surface area contributed by atoms with Gasteiger partial charge in [-0.1, -0.05) is 12.1 Å². The zero-order chi connectivity index (χ0) is 14.8. The van der Waals surface area contributed by atoms with Gasteiger partial charge in [-0.25, -0.2) is 0 Å². The minimum atomic E-state index is -4.92. The van der Waals surface area contributed by atoms with Gasteiger partial charge in [0.25, 0.3) is 0 Å². The van der Waals surface area contributed by atoms with Gasteiger partial charge in [-0.2, -0.15) is 13.2 Å². The Morgan fingerprint density at radius 3 is 1.84 bits per heavy atom. The van der Waals surface area contributed by atoms with Crippen LogP contribution in [-0.4, -0.2) is 23.7 Å². The quantitative estimate of drug-likeness (QED) is 0.841. The summed E-state index contributed by atoms with van der Waals surface area (Å²) in [5.74, 6) is -0.593. The fourth-order valence-corrected chi connectivity index (χ4v) is 1.28. The average molecular weight is 289 g/mol. The van der Waals surface area contributed by atoms with E-state index >= 15 is 0 Å². The second kappa shape index (κ2) is 5.25. The molecule has 9 heteroatoms. The van der Waals surface area contributed by atoms with E-state index in [-0.39, 0.29) is 5.56 Å². The van der Waals surface area contributed by atoms with Crippen LogP contribution in [0.25, 0.3) is 0 Å². The van der Waals surface area contributed by atoms with Crippen LogP contribution in [0.4, 0.5) is 26.3 Å². The van der Waals surface area contributed by atoms with E-state index in [0.717, 1.165) is 24.3 Å². The number of aliphatic hydroxyl groups excluding tert-OH is 1. The first-order valence-electron chi connectivity index (χ1n) is 4.87. The molecule has 1 aromatic carbocycles. The fraction of sp³-hybridized carbons (Fsp3) is 0.400. The summed E-state index contributed by atoms with van der Waals surface area (Å²) in [6.45, 7) is 0. The van der Waals surface area contributed by atoms with Crippen LogP contribution in [0.5, 0.6) is 5.75 Å². The van der Waals surface area contributed by atoms with Gasteiger partial charge in [0.15, 0.2) is 6.10 Å². The largest absolute Gasteiger partial charge is 0.573 e. The summed E-state index contributed by atoms with van der Waals surface area (Å²) in [5, 5.41) is 8.90. The molecule has 0 unspecified atom stereocenters. The predicted octanol–water partition coefficient (Wildman–Crippen LogP) is 2.51. The van der Waals surface area contributed by atoms with E-state index in [1.54, 1.807) is 0 Å². The second-order valence-corrected chi connectivity index (χ2v) is 3.63. The van der Waals surface area contributed by atoms with Crippen LogP contribution in [0.15, 0.2) is 24.3 Å². The molecule has 0 amide bonds. The van der Waals surface area contributed by atoms with Gasteiger partial charge in [-0.15, -0.1) is 13.2 Å². The number of hydrogen-bond donors (Lipinski definition) is 2. The first-order chi connectivity index (χ1) is 8.50. The Morgan fingerprint density at radius 2 is 1.47 bits per heavy atom. The number of nitrogens with two attached hydrogens (primary N) is 1. The number of aliphatic hydroxyl groups is 1. The molecule has 3 nitrogen and oxygen atoms in total. The van der Waals surface area contributed by atoms with Crippen LogP contribution in [0.1, 0.15) is 11.6 Å². The third kappa shape index (κ3) is 4.60. The van der Waals surface area contributed by atoms with Crippen molar-refractivity contribution in [3.63, 3.8) is 0 Å². The molecule has 0 saturated carbocycles. The Kier molecular flexibility index (Phi) is 4.31. The van der Waals surface area contributed by atoms with E-state index < -0.39 is 30.4 Å². The Bertz CT molecular complexity index is 414. The lowest BCUT2D eigenvalue weighted by atomic mass is 10.0. The first-order valence-corrected chi connectivity index (χ1v) is 4.87. The third-order valence-electron chi connectivity index (χ3n) is 2.17. The number of hydrogen-bond acceptors (Lipinski definition) is 3. The first kappa shape index (κ1) is 15.6. The zero-order valence-electron chi connectivity index (χ0n) is 9.16. The van der Waals surface area contributed by atoms with Crippen molar-refractivity contribution in [3.05, 3.63) is 29.8 Å². The molecule has 108 valence electrons. The van der Waals surface area contributed by atoms with Crippen LogP contribution in [0.2, 0.25) is 0 Å². The molecule has 0 aromatic heterocycles. The van der Waals surface area contributed by atoms with Gasteiger partial charge >= 0.3 is 12.5 Å². The maximum atomic E-state index is 12.2. The lowest BCUT2D eigenvalue weighted by Gasteiger charge is -2.21. The molecule has 0 aliphatic rings.